The second kappa shape index (κ2) is 3.77. The van der Waals surface area contributed by atoms with Gasteiger partial charge in [0.15, 0.2) is 0 Å². The lowest BCUT2D eigenvalue weighted by Crippen LogP contribution is -2.03. The number of aromatic carboxylic acids is 1. The number of carboxylic acids is 1. The molecule has 0 atom stereocenters. The molecule has 0 saturated carbocycles. The van der Waals surface area contributed by atoms with Crippen molar-refractivity contribution in [3.05, 3.63) is 24.8 Å². The van der Waals surface area contributed by atoms with Crippen LogP contribution in [0, 0.1) is 7.14 Å². The fraction of sp³-hybridized carbons (Fsp3) is 0. The van der Waals surface area contributed by atoms with E-state index >= 15 is 0 Å². The van der Waals surface area contributed by atoms with Gasteiger partial charge >= 0.3 is 5.97 Å². The lowest BCUT2D eigenvalue weighted by molar-refractivity contribution is 0.0696. The second-order valence-electron chi connectivity index (χ2n) is 2.13. The number of anilines is 1. The van der Waals surface area contributed by atoms with Crippen molar-refractivity contribution < 1.29 is 9.90 Å². The van der Waals surface area contributed by atoms with E-state index in [4.69, 9.17) is 10.8 Å². The zero-order valence-electron chi connectivity index (χ0n) is 5.84. The van der Waals surface area contributed by atoms with E-state index in [0.717, 1.165) is 3.57 Å². The summed E-state index contributed by atoms with van der Waals surface area (Å²) >= 11 is 4.00. The summed E-state index contributed by atoms with van der Waals surface area (Å²) in [7, 11) is 0. The second-order valence-corrected chi connectivity index (χ2v) is 4.37. The topological polar surface area (TPSA) is 63.3 Å². The van der Waals surface area contributed by atoms with Crippen LogP contribution < -0.4 is 5.73 Å². The molecular formula is C7H5I2NO2. The molecule has 0 spiro atoms. The zero-order valence-corrected chi connectivity index (χ0v) is 10.2. The maximum Gasteiger partial charge on any atom is 0.336 e. The first-order chi connectivity index (χ1) is 5.54. The van der Waals surface area contributed by atoms with Gasteiger partial charge < -0.3 is 10.8 Å². The minimum atomic E-state index is -0.942. The normalized spacial score (nSPS) is 9.83. The van der Waals surface area contributed by atoms with E-state index in [-0.39, 0.29) is 5.56 Å². The Bertz CT molecular complexity index is 338. The molecule has 0 aromatic heterocycles. The molecule has 12 heavy (non-hydrogen) atoms. The van der Waals surface area contributed by atoms with Crippen LogP contribution in [0.1, 0.15) is 10.4 Å². The predicted octanol–water partition coefficient (Wildman–Crippen LogP) is 2.18. The molecule has 0 bridgehead atoms. The van der Waals surface area contributed by atoms with Crippen molar-refractivity contribution in [2.45, 2.75) is 0 Å². The number of hydrogen-bond donors (Lipinski definition) is 2. The SMILES string of the molecule is Nc1c(I)ccc(C(=O)O)c1I. The molecule has 5 heteroatoms. The maximum absolute atomic E-state index is 10.6. The number of rotatable bonds is 1. The van der Waals surface area contributed by atoms with Gasteiger partial charge in [-0.05, 0) is 57.3 Å². The lowest BCUT2D eigenvalue weighted by Gasteiger charge is -2.04. The highest BCUT2D eigenvalue weighted by Gasteiger charge is 2.11. The Kier molecular flexibility index (Phi) is 3.16. The van der Waals surface area contributed by atoms with Crippen LogP contribution in [0.25, 0.3) is 0 Å². The van der Waals surface area contributed by atoms with Crippen molar-refractivity contribution in [2.24, 2.45) is 0 Å². The summed E-state index contributed by atoms with van der Waals surface area (Å²) in [6, 6.07) is 3.25. The Morgan fingerprint density at radius 1 is 1.42 bits per heavy atom. The van der Waals surface area contributed by atoms with Crippen LogP contribution in [-0.4, -0.2) is 11.1 Å². The smallest absolute Gasteiger partial charge is 0.336 e. The molecule has 0 fully saturated rings. The van der Waals surface area contributed by atoms with Gasteiger partial charge in [-0.1, -0.05) is 0 Å². The van der Waals surface area contributed by atoms with Gasteiger partial charge in [0.25, 0.3) is 0 Å². The first-order valence-corrected chi connectivity index (χ1v) is 5.16. The van der Waals surface area contributed by atoms with Gasteiger partial charge in [0.2, 0.25) is 0 Å². The summed E-state index contributed by atoms with van der Waals surface area (Å²) in [5.74, 6) is -0.942. The quantitative estimate of drug-likeness (QED) is 0.572. The number of nitrogens with two attached hydrogens (primary N) is 1. The van der Waals surface area contributed by atoms with E-state index in [0.29, 0.717) is 9.26 Å². The van der Waals surface area contributed by atoms with Gasteiger partial charge in [0.1, 0.15) is 0 Å². The summed E-state index contributed by atoms with van der Waals surface area (Å²) in [6.07, 6.45) is 0. The Balaban J connectivity index is 3.36. The summed E-state index contributed by atoms with van der Waals surface area (Å²) in [5.41, 5.74) is 6.44. The van der Waals surface area contributed by atoms with E-state index in [1.165, 1.54) is 0 Å². The van der Waals surface area contributed by atoms with Crippen molar-refractivity contribution in [1.82, 2.24) is 0 Å². The highest BCUT2D eigenvalue weighted by Crippen LogP contribution is 2.24. The van der Waals surface area contributed by atoms with E-state index in [2.05, 4.69) is 22.6 Å². The fourth-order valence-electron chi connectivity index (χ4n) is 0.735. The first-order valence-electron chi connectivity index (χ1n) is 3.01. The van der Waals surface area contributed by atoms with Gasteiger partial charge in [0, 0.05) is 3.57 Å². The third-order valence-corrected chi connectivity index (χ3v) is 3.46. The molecule has 1 rings (SSSR count). The third-order valence-electron chi connectivity index (χ3n) is 1.36. The number of benzene rings is 1. The molecular weight excluding hydrogens is 384 g/mol. The van der Waals surface area contributed by atoms with E-state index in [1.54, 1.807) is 12.1 Å². The van der Waals surface area contributed by atoms with Crippen molar-refractivity contribution in [3.8, 4) is 0 Å². The Morgan fingerprint density at radius 3 is 2.50 bits per heavy atom. The van der Waals surface area contributed by atoms with Crippen molar-refractivity contribution in [1.29, 1.82) is 0 Å². The summed E-state index contributed by atoms with van der Waals surface area (Å²) in [4.78, 5) is 10.6. The number of nitrogen functional groups attached to an aromatic ring is 1. The highest BCUT2D eigenvalue weighted by atomic mass is 127. The molecule has 0 heterocycles. The summed E-state index contributed by atoms with van der Waals surface area (Å²) in [6.45, 7) is 0. The molecule has 0 aliphatic carbocycles. The van der Waals surface area contributed by atoms with E-state index in [1.807, 2.05) is 22.6 Å². The Labute approximate surface area is 96.6 Å². The van der Waals surface area contributed by atoms with Crippen LogP contribution in [0.5, 0.6) is 0 Å². The largest absolute Gasteiger partial charge is 0.478 e. The summed E-state index contributed by atoms with van der Waals surface area (Å²) in [5, 5.41) is 8.72. The fourth-order valence-corrected chi connectivity index (χ4v) is 2.40. The molecule has 3 N–H and O–H groups in total. The van der Waals surface area contributed by atoms with Crippen LogP contribution in [0.15, 0.2) is 12.1 Å². The molecule has 0 saturated heterocycles. The van der Waals surface area contributed by atoms with Gasteiger partial charge in [-0.15, -0.1) is 0 Å². The minimum Gasteiger partial charge on any atom is -0.478 e. The van der Waals surface area contributed by atoms with Crippen LogP contribution >= 0.6 is 45.2 Å². The maximum atomic E-state index is 10.6. The molecule has 64 valence electrons. The Morgan fingerprint density at radius 2 is 2.00 bits per heavy atom. The average Bonchev–Trinajstić information content (AvgIpc) is 2.00. The van der Waals surface area contributed by atoms with Crippen molar-refractivity contribution >= 4 is 56.8 Å². The van der Waals surface area contributed by atoms with Crippen molar-refractivity contribution in [3.63, 3.8) is 0 Å². The Hall–Kier alpha value is -0.0500. The zero-order chi connectivity index (χ0) is 9.30. The van der Waals surface area contributed by atoms with Gasteiger partial charge in [0.05, 0.1) is 14.8 Å². The van der Waals surface area contributed by atoms with E-state index in [9.17, 15) is 4.79 Å². The average molecular weight is 389 g/mol. The molecule has 0 aliphatic rings. The predicted molar refractivity (Wildman–Crippen MR) is 63.2 cm³/mol. The number of carbonyl (C=O) groups is 1. The molecule has 1 aromatic carbocycles. The van der Waals surface area contributed by atoms with Crippen LogP contribution in [0.4, 0.5) is 5.69 Å². The van der Waals surface area contributed by atoms with Crippen LogP contribution in [0.2, 0.25) is 0 Å². The standard InChI is InChI=1S/C7H5I2NO2/c8-4-2-1-3(7(11)12)5(9)6(4)10/h1-2H,10H2,(H,11,12). The highest BCUT2D eigenvalue weighted by molar-refractivity contribution is 14.1. The molecule has 0 amide bonds. The molecule has 0 radical (unpaired) electrons. The van der Waals surface area contributed by atoms with Crippen LogP contribution in [0.3, 0.4) is 0 Å². The molecule has 0 aliphatic heterocycles. The minimum absolute atomic E-state index is 0.258. The van der Waals surface area contributed by atoms with Crippen molar-refractivity contribution in [2.75, 3.05) is 5.73 Å². The van der Waals surface area contributed by atoms with Crippen LogP contribution in [-0.2, 0) is 0 Å². The number of hydrogen-bond acceptors (Lipinski definition) is 2. The van der Waals surface area contributed by atoms with E-state index < -0.39 is 5.97 Å². The number of carboxylic acid groups (broad SMARTS) is 1. The molecule has 0 unspecified atom stereocenters. The third kappa shape index (κ3) is 1.82. The lowest BCUT2D eigenvalue weighted by atomic mass is 10.2. The van der Waals surface area contributed by atoms with Gasteiger partial charge in [-0.2, -0.15) is 0 Å². The summed E-state index contributed by atoms with van der Waals surface area (Å²) < 4.78 is 1.48. The van der Waals surface area contributed by atoms with Gasteiger partial charge in [-0.3, -0.25) is 0 Å². The molecule has 1 aromatic rings. The monoisotopic (exact) mass is 389 g/mol. The molecule has 3 nitrogen and oxygen atoms in total. The van der Waals surface area contributed by atoms with Gasteiger partial charge in [-0.25, -0.2) is 4.79 Å². The number of halogens is 2. The first kappa shape index (κ1) is 10.0.